The molecular weight excluding hydrogens is 546 g/mol. The lowest BCUT2D eigenvalue weighted by Crippen LogP contribution is -2.61. The fourth-order valence-corrected chi connectivity index (χ4v) is 7.00. The molecule has 1 saturated heterocycles. The van der Waals surface area contributed by atoms with E-state index in [9.17, 15) is 19.2 Å². The molecule has 1 aromatic rings. The van der Waals surface area contributed by atoms with E-state index in [1.165, 1.54) is 0 Å². The zero-order valence-electron chi connectivity index (χ0n) is 26.8. The summed E-state index contributed by atoms with van der Waals surface area (Å²) in [7, 11) is 0. The number of carbonyl (C=O) groups excluding carboxylic acids is 4. The van der Waals surface area contributed by atoms with Gasteiger partial charge in [-0.05, 0) is 75.2 Å². The van der Waals surface area contributed by atoms with Crippen molar-refractivity contribution < 1.29 is 28.7 Å². The number of alkyl carbamates (subject to hydrolysis) is 1. The second kappa shape index (κ2) is 13.7. The molecule has 9 nitrogen and oxygen atoms in total. The van der Waals surface area contributed by atoms with Crippen molar-refractivity contribution in [1.82, 2.24) is 15.5 Å². The molecule has 4 rings (SSSR count). The molecule has 0 radical (unpaired) electrons. The summed E-state index contributed by atoms with van der Waals surface area (Å²) in [4.78, 5) is 56.3. The van der Waals surface area contributed by atoms with Crippen molar-refractivity contribution in [2.45, 2.75) is 123 Å². The number of nitrogens with one attached hydrogen (secondary N) is 2. The number of esters is 1. The van der Waals surface area contributed by atoms with Gasteiger partial charge >= 0.3 is 12.1 Å². The summed E-state index contributed by atoms with van der Waals surface area (Å²) in [5.74, 6) is -0.809. The first kappa shape index (κ1) is 32.8. The molecule has 2 N–H and O–H groups in total. The van der Waals surface area contributed by atoms with Gasteiger partial charge in [-0.15, -0.1) is 0 Å². The lowest BCUT2D eigenvalue weighted by atomic mass is 9.82. The zero-order chi connectivity index (χ0) is 31.4. The normalized spacial score (nSPS) is 24.0. The van der Waals surface area contributed by atoms with Crippen molar-refractivity contribution in [2.24, 2.45) is 23.2 Å². The molecule has 3 aliphatic rings. The van der Waals surface area contributed by atoms with Crippen LogP contribution in [0.1, 0.15) is 98.5 Å². The van der Waals surface area contributed by atoms with Crippen LogP contribution in [0.5, 0.6) is 0 Å². The summed E-state index contributed by atoms with van der Waals surface area (Å²) >= 11 is 0. The fourth-order valence-electron chi connectivity index (χ4n) is 7.00. The van der Waals surface area contributed by atoms with Crippen LogP contribution in [0, 0.1) is 23.2 Å². The number of rotatable bonds is 8. The number of nitrogens with zero attached hydrogens (tertiary/aromatic N) is 1. The average Bonchev–Trinajstić information content (AvgIpc) is 3.54. The van der Waals surface area contributed by atoms with Crippen molar-refractivity contribution in [3.8, 4) is 0 Å². The van der Waals surface area contributed by atoms with Crippen LogP contribution in [-0.2, 0) is 30.5 Å². The molecule has 0 bridgehead atoms. The van der Waals surface area contributed by atoms with E-state index in [0.717, 1.165) is 56.9 Å². The Balaban J connectivity index is 1.52. The largest absolute Gasteiger partial charge is 0.458 e. The van der Waals surface area contributed by atoms with Gasteiger partial charge in [-0.3, -0.25) is 9.59 Å². The van der Waals surface area contributed by atoms with Crippen LogP contribution in [-0.4, -0.2) is 59.0 Å². The van der Waals surface area contributed by atoms with Crippen LogP contribution in [0.15, 0.2) is 30.3 Å². The average molecular weight is 598 g/mol. The minimum absolute atomic E-state index is 0.0607. The van der Waals surface area contributed by atoms with Gasteiger partial charge in [0.1, 0.15) is 30.3 Å². The Labute approximate surface area is 256 Å². The van der Waals surface area contributed by atoms with Crippen LogP contribution in [0.25, 0.3) is 0 Å². The molecule has 43 heavy (non-hydrogen) atoms. The van der Waals surface area contributed by atoms with E-state index in [0.29, 0.717) is 6.54 Å². The van der Waals surface area contributed by atoms with E-state index in [4.69, 9.17) is 9.47 Å². The number of likely N-dealkylation sites (tertiary alicyclic amines) is 1. The fraction of sp³-hybridized carbons (Fsp3) is 0.706. The van der Waals surface area contributed by atoms with Crippen molar-refractivity contribution in [3.63, 3.8) is 0 Å². The molecule has 0 unspecified atom stereocenters. The number of hydrogen-bond donors (Lipinski definition) is 2. The Morgan fingerprint density at radius 1 is 0.884 bits per heavy atom. The van der Waals surface area contributed by atoms with Crippen molar-refractivity contribution in [2.75, 3.05) is 6.54 Å². The monoisotopic (exact) mass is 597 g/mol. The molecule has 1 aliphatic heterocycles. The standard InChI is InChI=1S/C34H51N3O6/c1-33(2,3)28(30(39)37-20-24-18-13-19-25(24)27(37)31(40)43-34(4,5)6)36-29(38)26(23-16-11-8-12-17-23)35-32(41)42-21-22-14-9-7-10-15-22/h7,9-10,14-15,23-28H,8,11-13,16-21H2,1-6H3,(H,35,41)(H,36,38)/t24-,25-,26-,27-,28-/m0/s1. The van der Waals surface area contributed by atoms with Crippen LogP contribution < -0.4 is 10.6 Å². The van der Waals surface area contributed by atoms with E-state index in [-0.39, 0.29) is 36.2 Å². The first-order chi connectivity index (χ1) is 20.2. The van der Waals surface area contributed by atoms with E-state index in [1.807, 2.05) is 71.9 Å². The molecule has 0 spiro atoms. The third-order valence-corrected chi connectivity index (χ3v) is 9.11. The van der Waals surface area contributed by atoms with Gasteiger partial charge in [-0.25, -0.2) is 9.59 Å². The summed E-state index contributed by atoms with van der Waals surface area (Å²) < 4.78 is 11.3. The Hall–Kier alpha value is -3.10. The van der Waals surface area contributed by atoms with Crippen LogP contribution in [0.3, 0.4) is 0 Å². The highest BCUT2D eigenvalue weighted by molar-refractivity contribution is 5.94. The highest BCUT2D eigenvalue weighted by Gasteiger charge is 2.53. The molecular formula is C34H51N3O6. The van der Waals surface area contributed by atoms with Crippen LogP contribution >= 0.6 is 0 Å². The summed E-state index contributed by atoms with van der Waals surface area (Å²) in [6, 6.07) is 6.99. The molecule has 238 valence electrons. The van der Waals surface area contributed by atoms with E-state index >= 15 is 0 Å². The SMILES string of the molecule is CC(C)(C)OC(=O)[C@@H]1[C@H]2CCC[C@H]2CN1C(=O)[C@H](NC(=O)[C@@H](NC(=O)OCc1ccccc1)C1CCCCC1)C(C)(C)C. The Morgan fingerprint density at radius 2 is 1.56 bits per heavy atom. The number of ether oxygens (including phenoxy) is 2. The lowest BCUT2D eigenvalue weighted by molar-refractivity contribution is -0.165. The van der Waals surface area contributed by atoms with Gasteiger partial charge < -0.3 is 25.0 Å². The highest BCUT2D eigenvalue weighted by atomic mass is 16.6. The predicted octanol–water partition coefficient (Wildman–Crippen LogP) is 5.36. The Bertz CT molecular complexity index is 1140. The molecule has 1 heterocycles. The summed E-state index contributed by atoms with van der Waals surface area (Å²) in [6.07, 6.45) is 6.88. The van der Waals surface area contributed by atoms with Gasteiger partial charge in [-0.1, -0.05) is 76.8 Å². The maximum Gasteiger partial charge on any atom is 0.408 e. The smallest absolute Gasteiger partial charge is 0.408 e. The summed E-state index contributed by atoms with van der Waals surface area (Å²) in [6.45, 7) is 11.8. The quantitative estimate of drug-likeness (QED) is 0.390. The summed E-state index contributed by atoms with van der Waals surface area (Å²) in [5, 5.41) is 5.87. The second-order valence-electron chi connectivity index (χ2n) is 14.7. The highest BCUT2D eigenvalue weighted by Crippen LogP contribution is 2.44. The maximum absolute atomic E-state index is 14.3. The number of fused-ring (bicyclic) bond motifs is 1. The first-order valence-electron chi connectivity index (χ1n) is 16.1. The van der Waals surface area contributed by atoms with Gasteiger partial charge in [0, 0.05) is 6.54 Å². The van der Waals surface area contributed by atoms with Gasteiger partial charge in [0.2, 0.25) is 11.8 Å². The topological polar surface area (TPSA) is 114 Å². The first-order valence-corrected chi connectivity index (χ1v) is 16.1. The van der Waals surface area contributed by atoms with Crippen molar-refractivity contribution in [3.05, 3.63) is 35.9 Å². The minimum atomic E-state index is -0.892. The third-order valence-electron chi connectivity index (χ3n) is 9.11. The molecule has 5 atom stereocenters. The van der Waals surface area contributed by atoms with Gasteiger partial charge in [-0.2, -0.15) is 0 Å². The van der Waals surface area contributed by atoms with Crippen LogP contribution in [0.2, 0.25) is 0 Å². The molecule has 3 amide bonds. The molecule has 2 saturated carbocycles. The van der Waals surface area contributed by atoms with Gasteiger partial charge in [0.05, 0.1) is 0 Å². The van der Waals surface area contributed by atoms with Gasteiger partial charge in [0.25, 0.3) is 0 Å². The van der Waals surface area contributed by atoms with Crippen molar-refractivity contribution >= 4 is 23.9 Å². The second-order valence-corrected chi connectivity index (χ2v) is 14.7. The maximum atomic E-state index is 14.3. The number of carbonyl (C=O) groups is 4. The van der Waals surface area contributed by atoms with E-state index in [2.05, 4.69) is 10.6 Å². The molecule has 9 heteroatoms. The lowest BCUT2D eigenvalue weighted by Gasteiger charge is -2.38. The van der Waals surface area contributed by atoms with Gasteiger partial charge in [0.15, 0.2) is 0 Å². The number of benzene rings is 1. The Morgan fingerprint density at radius 3 is 2.19 bits per heavy atom. The minimum Gasteiger partial charge on any atom is -0.458 e. The molecule has 3 fully saturated rings. The van der Waals surface area contributed by atoms with E-state index < -0.39 is 41.1 Å². The van der Waals surface area contributed by atoms with Crippen molar-refractivity contribution in [1.29, 1.82) is 0 Å². The summed E-state index contributed by atoms with van der Waals surface area (Å²) in [5.41, 5.74) is -0.466. The van der Waals surface area contributed by atoms with E-state index in [1.54, 1.807) is 4.90 Å². The van der Waals surface area contributed by atoms with Crippen LogP contribution in [0.4, 0.5) is 4.79 Å². The molecule has 0 aromatic heterocycles. The number of amides is 3. The molecule has 1 aromatic carbocycles. The molecule has 2 aliphatic carbocycles. The zero-order valence-corrected chi connectivity index (χ0v) is 26.8. The number of hydrogen-bond acceptors (Lipinski definition) is 6. The predicted molar refractivity (Wildman–Crippen MR) is 164 cm³/mol. The third kappa shape index (κ3) is 8.51. The Kier molecular flexibility index (Phi) is 10.4.